The van der Waals surface area contributed by atoms with Crippen LogP contribution < -0.4 is 0 Å². The number of aromatic nitrogens is 1. The molecule has 1 aromatic heterocycles. The number of hydrogen-bond acceptors (Lipinski definition) is 3. The Morgan fingerprint density at radius 2 is 2.29 bits per heavy atom. The Morgan fingerprint density at radius 3 is 2.86 bits per heavy atom. The van der Waals surface area contributed by atoms with Crippen molar-refractivity contribution < 1.29 is 14.6 Å². The normalized spacial score (nSPS) is 10.2. The molecule has 0 aliphatic rings. The largest absolute Gasteiger partial charge is 0.461 e. The van der Waals surface area contributed by atoms with Crippen LogP contribution in [-0.4, -0.2) is 17.6 Å². The zero-order chi connectivity index (χ0) is 10.6. The van der Waals surface area contributed by atoms with E-state index >= 15 is 0 Å². The first kappa shape index (κ1) is 10.5. The first-order chi connectivity index (χ1) is 6.59. The maximum Gasteiger partial charge on any atom is 0.357 e. The van der Waals surface area contributed by atoms with Gasteiger partial charge in [0, 0.05) is 18.3 Å². The third-order valence-electron chi connectivity index (χ3n) is 1.49. The molecule has 1 heterocycles. The Morgan fingerprint density at radius 1 is 1.57 bits per heavy atom. The van der Waals surface area contributed by atoms with Gasteiger partial charge in [-0.05, 0) is 5.92 Å². The fraction of sp³-hybridized carbons (Fsp3) is 0.400. The van der Waals surface area contributed by atoms with Crippen molar-refractivity contribution in [1.29, 1.82) is 0 Å². The van der Waals surface area contributed by atoms with Crippen LogP contribution in [0.5, 0.6) is 5.75 Å². The third kappa shape index (κ3) is 3.05. The molecule has 0 fully saturated rings. The maximum atomic E-state index is 11.3. The lowest BCUT2D eigenvalue weighted by molar-refractivity contribution is 0.0451. The molecule has 75 valence electrons. The Kier molecular flexibility index (Phi) is 3.45. The minimum Gasteiger partial charge on any atom is -0.461 e. The summed E-state index contributed by atoms with van der Waals surface area (Å²) >= 11 is 0. The summed E-state index contributed by atoms with van der Waals surface area (Å²) < 4.78 is 4.90. The van der Waals surface area contributed by atoms with Gasteiger partial charge in [0.25, 0.3) is 0 Å². The fourth-order valence-corrected chi connectivity index (χ4v) is 0.839. The highest BCUT2D eigenvalue weighted by Crippen LogP contribution is 2.10. The van der Waals surface area contributed by atoms with E-state index in [9.17, 15) is 9.90 Å². The van der Waals surface area contributed by atoms with Crippen molar-refractivity contribution in [2.45, 2.75) is 13.8 Å². The number of hydrogen-bond donors (Lipinski definition) is 0. The summed E-state index contributed by atoms with van der Waals surface area (Å²) in [6.07, 6.45) is 1.30. The lowest BCUT2D eigenvalue weighted by atomic mass is 10.2. The Labute approximate surface area is 82.5 Å². The maximum absolute atomic E-state index is 11.3. The van der Waals surface area contributed by atoms with Crippen LogP contribution in [-0.2, 0) is 9.84 Å². The van der Waals surface area contributed by atoms with Crippen LogP contribution in [0.2, 0.25) is 0 Å². The molecular formula is C10H12NO3. The average molecular weight is 194 g/mol. The summed E-state index contributed by atoms with van der Waals surface area (Å²) in [6, 6.07) is 2.46. The molecule has 4 heteroatoms. The zero-order valence-electron chi connectivity index (χ0n) is 8.19. The van der Waals surface area contributed by atoms with E-state index in [4.69, 9.17) is 4.74 Å². The minimum absolute atomic E-state index is 0.0677. The molecule has 0 N–H and O–H groups in total. The monoisotopic (exact) mass is 194 g/mol. The molecule has 1 radical (unpaired) electrons. The Bertz CT molecular complexity index is 323. The molecule has 1 rings (SSSR count). The molecule has 0 unspecified atom stereocenters. The van der Waals surface area contributed by atoms with Gasteiger partial charge in [-0.1, -0.05) is 13.8 Å². The van der Waals surface area contributed by atoms with E-state index in [0.717, 1.165) is 0 Å². The van der Waals surface area contributed by atoms with Gasteiger partial charge in [-0.3, -0.25) is 5.11 Å². The third-order valence-corrected chi connectivity index (χ3v) is 1.49. The average Bonchev–Trinajstić information content (AvgIpc) is 2.14. The minimum atomic E-state index is -0.545. The molecule has 0 saturated heterocycles. The fourth-order valence-electron chi connectivity index (χ4n) is 0.839. The van der Waals surface area contributed by atoms with E-state index in [1.54, 1.807) is 0 Å². The molecule has 0 spiro atoms. The van der Waals surface area contributed by atoms with Gasteiger partial charge in [0.1, 0.15) is 0 Å². The molecule has 0 atom stereocenters. The van der Waals surface area contributed by atoms with Gasteiger partial charge in [0.15, 0.2) is 11.4 Å². The number of carbonyl (C=O) groups excluding carboxylic acids is 1. The highest BCUT2D eigenvalue weighted by molar-refractivity contribution is 5.87. The Hall–Kier alpha value is -1.58. The zero-order valence-corrected chi connectivity index (χ0v) is 8.19. The van der Waals surface area contributed by atoms with Crippen molar-refractivity contribution in [3.05, 3.63) is 24.0 Å². The summed E-state index contributed by atoms with van der Waals surface area (Å²) in [5, 5.41) is 10.9. The summed E-state index contributed by atoms with van der Waals surface area (Å²) in [5.74, 6) is -0.512. The second-order valence-electron chi connectivity index (χ2n) is 3.37. The molecule has 0 aromatic carbocycles. The molecule has 0 bridgehead atoms. The van der Waals surface area contributed by atoms with Crippen molar-refractivity contribution in [3.63, 3.8) is 0 Å². The van der Waals surface area contributed by atoms with Crippen LogP contribution in [0.4, 0.5) is 0 Å². The standard InChI is InChI=1S/C10H12NO3/c1-7(2)6-14-10(13)9-5-8(12)3-4-11-9/h3-5,7H,6H2,1-2H3. The predicted molar refractivity (Wildman–Crippen MR) is 49.5 cm³/mol. The summed E-state index contributed by atoms with van der Waals surface area (Å²) in [6.45, 7) is 4.21. The van der Waals surface area contributed by atoms with Gasteiger partial charge in [-0.15, -0.1) is 0 Å². The summed E-state index contributed by atoms with van der Waals surface area (Å²) in [7, 11) is 0. The van der Waals surface area contributed by atoms with Gasteiger partial charge in [0.05, 0.1) is 6.61 Å². The first-order valence-corrected chi connectivity index (χ1v) is 4.40. The van der Waals surface area contributed by atoms with Gasteiger partial charge >= 0.3 is 5.97 Å². The van der Waals surface area contributed by atoms with E-state index in [-0.39, 0.29) is 17.4 Å². The van der Waals surface area contributed by atoms with E-state index in [1.165, 1.54) is 18.3 Å². The topological polar surface area (TPSA) is 59.1 Å². The van der Waals surface area contributed by atoms with Gasteiger partial charge in [-0.2, -0.15) is 0 Å². The smallest absolute Gasteiger partial charge is 0.357 e. The number of pyridine rings is 1. The SMILES string of the molecule is CC(C)COC(=O)c1cc([O])ccn1. The summed E-state index contributed by atoms with van der Waals surface area (Å²) in [4.78, 5) is 15.0. The van der Waals surface area contributed by atoms with Crippen LogP contribution in [0, 0.1) is 5.92 Å². The predicted octanol–water partition coefficient (Wildman–Crippen LogP) is 2.04. The molecule has 0 amide bonds. The highest BCUT2D eigenvalue weighted by Gasteiger charge is 2.10. The molecule has 0 aliphatic heterocycles. The van der Waals surface area contributed by atoms with Crippen LogP contribution in [0.15, 0.2) is 18.3 Å². The van der Waals surface area contributed by atoms with E-state index in [1.807, 2.05) is 13.8 Å². The first-order valence-electron chi connectivity index (χ1n) is 4.40. The van der Waals surface area contributed by atoms with Crippen molar-refractivity contribution in [2.24, 2.45) is 5.92 Å². The van der Waals surface area contributed by atoms with Crippen molar-refractivity contribution in [2.75, 3.05) is 6.61 Å². The van der Waals surface area contributed by atoms with Crippen LogP contribution in [0.3, 0.4) is 0 Å². The molecule has 4 nitrogen and oxygen atoms in total. The van der Waals surface area contributed by atoms with Crippen molar-refractivity contribution >= 4 is 5.97 Å². The van der Waals surface area contributed by atoms with Crippen molar-refractivity contribution in [3.8, 4) is 5.75 Å². The van der Waals surface area contributed by atoms with Crippen LogP contribution in [0.1, 0.15) is 24.3 Å². The van der Waals surface area contributed by atoms with E-state index in [0.29, 0.717) is 6.61 Å². The number of rotatable bonds is 3. The quantitative estimate of drug-likeness (QED) is 0.692. The lowest BCUT2D eigenvalue weighted by Crippen LogP contribution is -2.11. The van der Waals surface area contributed by atoms with Crippen molar-refractivity contribution in [1.82, 2.24) is 4.98 Å². The second kappa shape index (κ2) is 4.60. The lowest BCUT2D eigenvalue weighted by Gasteiger charge is -2.05. The molecule has 14 heavy (non-hydrogen) atoms. The van der Waals surface area contributed by atoms with Gasteiger partial charge < -0.3 is 4.74 Å². The molecule has 0 aliphatic carbocycles. The number of carbonyl (C=O) groups is 1. The summed E-state index contributed by atoms with van der Waals surface area (Å²) in [5.41, 5.74) is 0.0677. The van der Waals surface area contributed by atoms with Gasteiger partial charge in [-0.25, -0.2) is 9.78 Å². The van der Waals surface area contributed by atoms with Crippen LogP contribution in [0.25, 0.3) is 0 Å². The highest BCUT2D eigenvalue weighted by atomic mass is 16.5. The molecule has 0 saturated carbocycles. The van der Waals surface area contributed by atoms with Gasteiger partial charge in [0.2, 0.25) is 0 Å². The van der Waals surface area contributed by atoms with Crippen LogP contribution >= 0.6 is 0 Å². The number of ether oxygens (including phenoxy) is 1. The van der Waals surface area contributed by atoms with E-state index < -0.39 is 5.97 Å². The van der Waals surface area contributed by atoms with E-state index in [2.05, 4.69) is 4.98 Å². The molecule has 1 aromatic rings. The number of esters is 1. The second-order valence-corrected chi connectivity index (χ2v) is 3.37. The molecular weight excluding hydrogens is 182 g/mol. The number of nitrogens with zero attached hydrogens (tertiary/aromatic N) is 1. The Balaban J connectivity index is 2.61.